The third-order valence-electron chi connectivity index (χ3n) is 1.77. The summed E-state index contributed by atoms with van der Waals surface area (Å²) in [5, 5.41) is 0. The highest BCUT2D eigenvalue weighted by molar-refractivity contribution is 5.18. The Morgan fingerprint density at radius 2 is 1.86 bits per heavy atom. The van der Waals surface area contributed by atoms with Crippen LogP contribution in [0.4, 0.5) is 0 Å². The standard InChI is InChI=1S/C13H16O/c1-11(2)10-14-12(3)9-13-7-5-4-6-8-13/h4-8H,1,3,9-10H2,2H3. The summed E-state index contributed by atoms with van der Waals surface area (Å²) in [6.45, 7) is 10.1. The molecule has 0 unspecified atom stereocenters. The van der Waals surface area contributed by atoms with E-state index >= 15 is 0 Å². The van der Waals surface area contributed by atoms with Crippen LogP contribution in [0.1, 0.15) is 12.5 Å². The maximum atomic E-state index is 5.41. The van der Waals surface area contributed by atoms with Crippen molar-refractivity contribution in [2.24, 2.45) is 0 Å². The van der Waals surface area contributed by atoms with Gasteiger partial charge in [0.15, 0.2) is 0 Å². The Labute approximate surface area is 85.7 Å². The van der Waals surface area contributed by atoms with Crippen molar-refractivity contribution in [2.45, 2.75) is 13.3 Å². The first-order valence-electron chi connectivity index (χ1n) is 4.67. The van der Waals surface area contributed by atoms with Crippen molar-refractivity contribution in [1.82, 2.24) is 0 Å². The van der Waals surface area contributed by atoms with Crippen LogP contribution >= 0.6 is 0 Å². The summed E-state index contributed by atoms with van der Waals surface area (Å²) in [5.41, 5.74) is 2.23. The maximum absolute atomic E-state index is 5.41. The van der Waals surface area contributed by atoms with E-state index in [4.69, 9.17) is 4.74 Å². The summed E-state index contributed by atoms with van der Waals surface area (Å²) in [5.74, 6) is 0.791. The molecule has 1 heteroatoms. The number of ether oxygens (including phenoxy) is 1. The first-order valence-corrected chi connectivity index (χ1v) is 4.67. The zero-order valence-corrected chi connectivity index (χ0v) is 8.62. The molecule has 1 aromatic rings. The van der Waals surface area contributed by atoms with Gasteiger partial charge in [-0.2, -0.15) is 0 Å². The van der Waals surface area contributed by atoms with Gasteiger partial charge in [0.05, 0.1) is 5.76 Å². The topological polar surface area (TPSA) is 9.23 Å². The van der Waals surface area contributed by atoms with Gasteiger partial charge in [0.2, 0.25) is 0 Å². The maximum Gasteiger partial charge on any atom is 0.108 e. The number of rotatable bonds is 5. The van der Waals surface area contributed by atoms with Gasteiger partial charge in [-0.15, -0.1) is 0 Å². The van der Waals surface area contributed by atoms with E-state index in [0.29, 0.717) is 6.61 Å². The van der Waals surface area contributed by atoms with Crippen molar-refractivity contribution in [3.05, 3.63) is 60.4 Å². The van der Waals surface area contributed by atoms with Gasteiger partial charge in [0.1, 0.15) is 6.61 Å². The average Bonchev–Trinajstić information content (AvgIpc) is 2.16. The van der Waals surface area contributed by atoms with Gasteiger partial charge < -0.3 is 4.74 Å². The first-order chi connectivity index (χ1) is 6.68. The zero-order chi connectivity index (χ0) is 10.4. The smallest absolute Gasteiger partial charge is 0.108 e. The SMILES string of the molecule is C=C(C)COC(=C)Cc1ccccc1. The van der Waals surface area contributed by atoms with E-state index < -0.39 is 0 Å². The van der Waals surface area contributed by atoms with E-state index in [-0.39, 0.29) is 0 Å². The van der Waals surface area contributed by atoms with Crippen LogP contribution in [0, 0.1) is 0 Å². The van der Waals surface area contributed by atoms with Crippen molar-refractivity contribution < 1.29 is 4.74 Å². The molecule has 0 fully saturated rings. The Bertz CT molecular complexity index is 311. The summed E-state index contributed by atoms with van der Waals surface area (Å²) in [6, 6.07) is 10.2. The molecule has 14 heavy (non-hydrogen) atoms. The summed E-state index contributed by atoms with van der Waals surface area (Å²) in [6.07, 6.45) is 0.772. The highest BCUT2D eigenvalue weighted by Crippen LogP contribution is 2.07. The Morgan fingerprint density at radius 1 is 1.21 bits per heavy atom. The summed E-state index contributed by atoms with van der Waals surface area (Å²) in [7, 11) is 0. The average molecular weight is 188 g/mol. The summed E-state index contributed by atoms with van der Waals surface area (Å²) in [4.78, 5) is 0. The minimum atomic E-state index is 0.561. The lowest BCUT2D eigenvalue weighted by Gasteiger charge is -2.08. The molecule has 0 N–H and O–H groups in total. The van der Waals surface area contributed by atoms with E-state index in [1.807, 2.05) is 25.1 Å². The molecule has 1 aromatic carbocycles. The normalized spacial score (nSPS) is 9.50. The lowest BCUT2D eigenvalue weighted by molar-refractivity contribution is 0.235. The molecule has 0 saturated carbocycles. The Hall–Kier alpha value is -1.50. The molecule has 0 saturated heterocycles. The molecular formula is C13H16O. The lowest BCUT2D eigenvalue weighted by atomic mass is 10.1. The van der Waals surface area contributed by atoms with E-state index in [0.717, 1.165) is 17.8 Å². The molecule has 0 aromatic heterocycles. The Morgan fingerprint density at radius 3 is 2.43 bits per heavy atom. The monoisotopic (exact) mass is 188 g/mol. The molecule has 0 bridgehead atoms. The van der Waals surface area contributed by atoms with Crippen LogP contribution in [0.15, 0.2) is 54.8 Å². The third kappa shape index (κ3) is 3.94. The molecule has 0 radical (unpaired) electrons. The molecule has 0 heterocycles. The van der Waals surface area contributed by atoms with Gasteiger partial charge in [-0.25, -0.2) is 0 Å². The quantitative estimate of drug-likeness (QED) is 0.508. The molecule has 0 spiro atoms. The van der Waals surface area contributed by atoms with Crippen LogP contribution in [0.2, 0.25) is 0 Å². The van der Waals surface area contributed by atoms with Gasteiger partial charge >= 0.3 is 0 Å². The van der Waals surface area contributed by atoms with Gasteiger partial charge in [-0.3, -0.25) is 0 Å². The van der Waals surface area contributed by atoms with Crippen LogP contribution in [0.5, 0.6) is 0 Å². The predicted octanol–water partition coefficient (Wildman–Crippen LogP) is 3.34. The molecule has 0 amide bonds. The van der Waals surface area contributed by atoms with Gasteiger partial charge in [-0.1, -0.05) is 43.5 Å². The molecule has 0 aliphatic carbocycles. The van der Waals surface area contributed by atoms with Crippen molar-refractivity contribution in [2.75, 3.05) is 6.61 Å². The Balaban J connectivity index is 2.38. The van der Waals surface area contributed by atoms with Gasteiger partial charge in [-0.05, 0) is 18.1 Å². The Kier molecular flexibility index (Phi) is 3.99. The third-order valence-corrected chi connectivity index (χ3v) is 1.77. The van der Waals surface area contributed by atoms with Crippen molar-refractivity contribution >= 4 is 0 Å². The predicted molar refractivity (Wildman–Crippen MR) is 60.1 cm³/mol. The molecule has 0 atom stereocenters. The minimum Gasteiger partial charge on any atom is -0.494 e. The highest BCUT2D eigenvalue weighted by Gasteiger charge is 1.97. The number of allylic oxidation sites excluding steroid dienone is 1. The fourth-order valence-corrected chi connectivity index (χ4v) is 1.10. The molecule has 0 aliphatic heterocycles. The molecule has 1 nitrogen and oxygen atoms in total. The van der Waals surface area contributed by atoms with Gasteiger partial charge in [0.25, 0.3) is 0 Å². The van der Waals surface area contributed by atoms with E-state index in [1.165, 1.54) is 5.56 Å². The van der Waals surface area contributed by atoms with Crippen LogP contribution in [0.3, 0.4) is 0 Å². The van der Waals surface area contributed by atoms with Crippen LogP contribution in [-0.2, 0) is 11.2 Å². The van der Waals surface area contributed by atoms with Crippen LogP contribution < -0.4 is 0 Å². The van der Waals surface area contributed by atoms with Crippen molar-refractivity contribution in [3.63, 3.8) is 0 Å². The molecular weight excluding hydrogens is 172 g/mol. The van der Waals surface area contributed by atoms with Crippen LogP contribution in [0.25, 0.3) is 0 Å². The van der Waals surface area contributed by atoms with Gasteiger partial charge in [0, 0.05) is 6.42 Å². The van der Waals surface area contributed by atoms with E-state index in [1.54, 1.807) is 0 Å². The first kappa shape index (κ1) is 10.6. The van der Waals surface area contributed by atoms with E-state index in [2.05, 4.69) is 25.3 Å². The summed E-state index contributed by atoms with van der Waals surface area (Å²) >= 11 is 0. The number of hydrogen-bond donors (Lipinski definition) is 0. The second-order valence-corrected chi connectivity index (χ2v) is 3.45. The molecule has 74 valence electrons. The second kappa shape index (κ2) is 5.28. The minimum absolute atomic E-state index is 0.561. The number of benzene rings is 1. The largest absolute Gasteiger partial charge is 0.494 e. The molecule has 1 rings (SSSR count). The molecule has 0 aliphatic rings. The lowest BCUT2D eigenvalue weighted by Crippen LogP contribution is -1.97. The highest BCUT2D eigenvalue weighted by atomic mass is 16.5. The van der Waals surface area contributed by atoms with E-state index in [9.17, 15) is 0 Å². The fraction of sp³-hybridized carbons (Fsp3) is 0.231. The van der Waals surface area contributed by atoms with Crippen molar-refractivity contribution in [1.29, 1.82) is 0 Å². The van der Waals surface area contributed by atoms with Crippen molar-refractivity contribution in [3.8, 4) is 0 Å². The number of hydrogen-bond acceptors (Lipinski definition) is 1. The zero-order valence-electron chi connectivity index (χ0n) is 8.62. The summed E-state index contributed by atoms with van der Waals surface area (Å²) < 4.78 is 5.41. The fourth-order valence-electron chi connectivity index (χ4n) is 1.10. The second-order valence-electron chi connectivity index (χ2n) is 3.45. The van der Waals surface area contributed by atoms with Crippen LogP contribution in [-0.4, -0.2) is 6.61 Å².